The first-order chi connectivity index (χ1) is 27.4. The van der Waals surface area contributed by atoms with E-state index in [1.54, 1.807) is 26.8 Å². The molecule has 306 valence electrons. The third-order valence-electron chi connectivity index (χ3n) is 8.60. The molecule has 2 heterocycles. The van der Waals surface area contributed by atoms with Crippen molar-refractivity contribution in [3.8, 4) is 5.75 Å². The zero-order chi connectivity index (χ0) is 41.2. The maximum absolute atomic E-state index is 12.1. The van der Waals surface area contributed by atoms with Gasteiger partial charge in [0.25, 0.3) is 5.91 Å². The maximum Gasteiger partial charge on any atom is 0.513 e. The number of thiocarbonyl (C=S) groups is 1. The number of carboxylic acids is 3. The van der Waals surface area contributed by atoms with Crippen LogP contribution in [0.25, 0.3) is 0 Å². The predicted octanol–water partition coefficient (Wildman–Crippen LogP) is 1.74. The Balaban J connectivity index is 1.28. The van der Waals surface area contributed by atoms with Gasteiger partial charge in [-0.05, 0) is 72.7 Å². The molecule has 2 bridgehead atoms. The van der Waals surface area contributed by atoms with Gasteiger partial charge in [-0.15, -0.1) is 0 Å². The number of carbonyl (C=O) groups excluding carboxylic acids is 2. The van der Waals surface area contributed by atoms with E-state index < -0.39 is 30.1 Å². The van der Waals surface area contributed by atoms with Crippen molar-refractivity contribution in [3.05, 3.63) is 89.2 Å². The molecule has 3 aromatic rings. The molecule has 1 aliphatic rings. The zero-order valence-electron chi connectivity index (χ0n) is 31.4. The number of nitrogens with zero attached hydrogens (tertiary/aromatic N) is 4. The Morgan fingerprint density at radius 2 is 1.46 bits per heavy atom. The third kappa shape index (κ3) is 16.1. The number of aliphatic carboxylic acids is 3. The van der Waals surface area contributed by atoms with Crippen LogP contribution in [0, 0.1) is 0 Å². The molecule has 57 heavy (non-hydrogen) atoms. The highest BCUT2D eigenvalue weighted by atomic mass is 32.1. The van der Waals surface area contributed by atoms with Crippen molar-refractivity contribution in [2.75, 3.05) is 78.0 Å². The molecule has 4 rings (SSSR count). The first kappa shape index (κ1) is 44.0. The summed E-state index contributed by atoms with van der Waals surface area (Å²) in [6, 6.07) is 18.4. The van der Waals surface area contributed by atoms with Gasteiger partial charge in [-0.2, -0.15) is 0 Å². The lowest BCUT2D eigenvalue weighted by molar-refractivity contribution is -0.141. The number of ether oxygens (including phenoxy) is 3. The lowest BCUT2D eigenvalue weighted by atomic mass is 10.0. The summed E-state index contributed by atoms with van der Waals surface area (Å²) in [5.74, 6) is -3.13. The first-order valence-corrected chi connectivity index (χ1v) is 18.4. The number of hydrogen-bond acceptors (Lipinski definition) is 13. The molecular weight excluding hydrogens is 763 g/mol. The van der Waals surface area contributed by atoms with E-state index in [4.69, 9.17) is 31.4 Å². The molecule has 0 spiro atoms. The minimum atomic E-state index is -1.05. The van der Waals surface area contributed by atoms with Crippen LogP contribution < -0.4 is 20.7 Å². The second kappa shape index (κ2) is 22.7. The quantitative estimate of drug-likeness (QED) is 0.0493. The van der Waals surface area contributed by atoms with Gasteiger partial charge in [0, 0.05) is 63.6 Å². The number of nitrogens with one attached hydrogen (secondary N) is 3. The number of aromatic nitrogens is 1. The lowest BCUT2D eigenvalue weighted by Crippen LogP contribution is -2.50. The molecule has 1 aliphatic heterocycles. The number of fused-ring (bicyclic) bond motifs is 2. The summed E-state index contributed by atoms with van der Waals surface area (Å²) in [6.45, 7) is 1.02. The molecule has 2 aromatic carbocycles. The van der Waals surface area contributed by atoms with Crippen LogP contribution in [0.3, 0.4) is 0 Å². The van der Waals surface area contributed by atoms with E-state index in [1.165, 1.54) is 31.3 Å². The Hall–Kier alpha value is -5.73. The first-order valence-electron chi connectivity index (χ1n) is 18.0. The van der Waals surface area contributed by atoms with Crippen molar-refractivity contribution in [2.45, 2.75) is 25.6 Å². The summed E-state index contributed by atoms with van der Waals surface area (Å²) >= 11 is 5.41. The summed E-state index contributed by atoms with van der Waals surface area (Å²) in [6.07, 6.45) is -0.519. The number of pyridine rings is 1. The second-order valence-corrected chi connectivity index (χ2v) is 13.4. The average Bonchev–Trinajstić information content (AvgIpc) is 3.16. The Labute approximate surface area is 334 Å². The topological polar surface area (TPSA) is 232 Å². The van der Waals surface area contributed by atoms with Crippen molar-refractivity contribution in [1.29, 1.82) is 0 Å². The number of anilines is 1. The summed E-state index contributed by atoms with van der Waals surface area (Å²) < 4.78 is 15.6. The molecule has 0 radical (unpaired) electrons. The Morgan fingerprint density at radius 3 is 2.12 bits per heavy atom. The van der Waals surface area contributed by atoms with E-state index >= 15 is 0 Å². The van der Waals surface area contributed by atoms with Crippen molar-refractivity contribution >= 4 is 53.0 Å². The van der Waals surface area contributed by atoms with Crippen molar-refractivity contribution in [3.63, 3.8) is 0 Å². The van der Waals surface area contributed by atoms with E-state index in [1.807, 2.05) is 30.3 Å². The van der Waals surface area contributed by atoms with Gasteiger partial charge < -0.3 is 45.5 Å². The molecule has 1 atom stereocenters. The van der Waals surface area contributed by atoms with Gasteiger partial charge in [-0.25, -0.2) is 4.79 Å². The number of rotatable bonds is 17. The van der Waals surface area contributed by atoms with Crippen LogP contribution in [-0.4, -0.2) is 149 Å². The standard InChI is InChI=1S/C38H47N7O11S/c1-39-36(52)27-7-11-32(12-8-27)56-38(53)55-18-17-54-16-13-40-37(57)42-28-9-5-26(6-10-28)19-31-22-44(24-34(48)49)15-14-43(23-33(46)47)20-29-3-2-4-30(41-29)21-45(31)25-35(50)51/h2-12,31H,13-25H2,1H3,(H,39,52)(H,46,47)(H,48,49)(H,50,51)(H2,40,42,57). The molecule has 0 saturated carbocycles. The van der Waals surface area contributed by atoms with Crippen molar-refractivity contribution < 1.29 is 53.5 Å². The lowest BCUT2D eigenvalue weighted by Gasteiger charge is -2.36. The van der Waals surface area contributed by atoms with E-state index in [0.717, 1.165) is 5.56 Å². The highest BCUT2D eigenvalue weighted by Crippen LogP contribution is 2.19. The fraction of sp³-hybridized carbons (Fsp3) is 0.395. The van der Waals surface area contributed by atoms with E-state index in [2.05, 4.69) is 16.0 Å². The van der Waals surface area contributed by atoms with Gasteiger partial charge in [0.05, 0.1) is 44.2 Å². The fourth-order valence-corrected chi connectivity index (χ4v) is 6.21. The van der Waals surface area contributed by atoms with Gasteiger partial charge in [-0.3, -0.25) is 38.9 Å². The van der Waals surface area contributed by atoms with E-state index in [0.29, 0.717) is 40.7 Å². The monoisotopic (exact) mass is 809 g/mol. The van der Waals surface area contributed by atoms with Crippen LogP contribution in [0.4, 0.5) is 10.5 Å². The summed E-state index contributed by atoms with van der Waals surface area (Å²) in [4.78, 5) is 69.0. The number of carboxylic acid groups (broad SMARTS) is 3. The second-order valence-electron chi connectivity index (χ2n) is 13.0. The van der Waals surface area contributed by atoms with Crippen molar-refractivity contribution in [2.24, 2.45) is 0 Å². The molecule has 6 N–H and O–H groups in total. The highest BCUT2D eigenvalue weighted by molar-refractivity contribution is 7.80. The maximum atomic E-state index is 12.1. The van der Waals surface area contributed by atoms with Gasteiger partial charge in [0.2, 0.25) is 0 Å². The highest BCUT2D eigenvalue weighted by Gasteiger charge is 2.27. The molecule has 0 aliphatic carbocycles. The summed E-state index contributed by atoms with van der Waals surface area (Å²) in [5, 5.41) is 38.1. The molecule has 0 saturated heterocycles. The van der Waals surface area contributed by atoms with Crippen LogP contribution in [0.15, 0.2) is 66.7 Å². The minimum Gasteiger partial charge on any atom is -0.480 e. The smallest absolute Gasteiger partial charge is 0.480 e. The van der Waals surface area contributed by atoms with E-state index in [9.17, 15) is 39.3 Å². The molecule has 0 fully saturated rings. The molecule has 1 aromatic heterocycles. The molecule has 1 unspecified atom stereocenters. The predicted molar refractivity (Wildman–Crippen MR) is 210 cm³/mol. The molecule has 18 nitrogen and oxygen atoms in total. The SMILES string of the molecule is CNC(=O)c1ccc(OC(=O)OCCOCCNC(=S)Nc2ccc(CC3CN(CC(=O)O)CCN(CC(=O)O)Cc4cccc(n4)CN3CC(=O)O)cc2)cc1. The fourth-order valence-electron chi connectivity index (χ4n) is 5.99. The van der Waals surface area contributed by atoms with Gasteiger partial charge in [-0.1, -0.05) is 18.2 Å². The number of benzene rings is 2. The summed E-state index contributed by atoms with van der Waals surface area (Å²) in [7, 11) is 1.52. The number of carbonyl (C=O) groups is 5. The van der Waals surface area contributed by atoms with Crippen LogP contribution in [0.1, 0.15) is 27.3 Å². The average molecular weight is 810 g/mol. The Kier molecular flexibility index (Phi) is 17.5. The van der Waals surface area contributed by atoms with Crippen LogP contribution in [0.2, 0.25) is 0 Å². The number of hydrogen-bond donors (Lipinski definition) is 6. The normalized spacial score (nSPS) is 15.3. The zero-order valence-corrected chi connectivity index (χ0v) is 32.2. The Bertz CT molecular complexity index is 1830. The van der Waals surface area contributed by atoms with Crippen LogP contribution in [0.5, 0.6) is 5.75 Å². The summed E-state index contributed by atoms with van der Waals surface area (Å²) in [5.41, 5.74) is 3.23. The van der Waals surface area contributed by atoms with Gasteiger partial charge >= 0.3 is 24.1 Å². The van der Waals surface area contributed by atoms with E-state index in [-0.39, 0.29) is 83.8 Å². The molecule has 1 amide bonds. The minimum absolute atomic E-state index is 0.0355. The Morgan fingerprint density at radius 1 is 0.807 bits per heavy atom. The number of amides is 1. The van der Waals surface area contributed by atoms with Gasteiger partial charge in [0.1, 0.15) is 12.4 Å². The van der Waals surface area contributed by atoms with Crippen molar-refractivity contribution in [1.82, 2.24) is 30.3 Å². The molecule has 19 heteroatoms. The van der Waals surface area contributed by atoms with Crippen LogP contribution >= 0.6 is 12.2 Å². The van der Waals surface area contributed by atoms with Gasteiger partial charge in [0.15, 0.2) is 5.11 Å². The molecular formula is C38H47N7O11S. The largest absolute Gasteiger partial charge is 0.513 e. The van der Waals surface area contributed by atoms with Crippen LogP contribution in [-0.2, 0) is 43.4 Å². The third-order valence-corrected chi connectivity index (χ3v) is 8.84.